The number of carbonyl (C=O) groups excluding carboxylic acids is 2. The van der Waals surface area contributed by atoms with Crippen LogP contribution in [0.5, 0.6) is 11.5 Å². The number of carbonyl (C=O) groups is 2. The van der Waals surface area contributed by atoms with E-state index in [1.54, 1.807) is 31.2 Å². The molecule has 3 N–H and O–H groups in total. The number of rotatable bonds is 7. The third kappa shape index (κ3) is 7.18. The molecule has 0 bridgehead atoms. The number of benzene rings is 3. The lowest BCUT2D eigenvalue weighted by Gasteiger charge is -2.16. The minimum atomic E-state index is -0.785. The van der Waals surface area contributed by atoms with E-state index in [-0.39, 0.29) is 5.11 Å². The van der Waals surface area contributed by atoms with E-state index in [2.05, 4.69) is 16.2 Å². The Hall–Kier alpha value is -3.65. The highest BCUT2D eigenvalue weighted by Gasteiger charge is 2.16. The minimum absolute atomic E-state index is 0.0419. The van der Waals surface area contributed by atoms with Crippen LogP contribution in [0.3, 0.4) is 0 Å². The predicted molar refractivity (Wildman–Crippen MR) is 132 cm³/mol. The lowest BCUT2D eigenvalue weighted by Crippen LogP contribution is -2.51. The number of fused-ring (bicyclic) bond motifs is 1. The molecule has 3 aromatic rings. The summed E-state index contributed by atoms with van der Waals surface area (Å²) < 4.78 is 11.4. The van der Waals surface area contributed by atoms with E-state index < -0.39 is 17.9 Å². The van der Waals surface area contributed by atoms with Crippen LogP contribution >= 0.6 is 12.2 Å². The summed E-state index contributed by atoms with van der Waals surface area (Å²) in [5, 5.41) is 4.58. The molecule has 7 nitrogen and oxygen atoms in total. The molecule has 172 valence electrons. The van der Waals surface area contributed by atoms with Crippen LogP contribution in [0, 0.1) is 5.92 Å². The molecule has 3 rings (SSSR count). The largest absolute Gasteiger partial charge is 0.493 e. The molecule has 3 aromatic carbocycles. The number of nitrogens with one attached hydrogen (secondary N) is 3. The summed E-state index contributed by atoms with van der Waals surface area (Å²) in [6, 6.07) is 20.3. The highest BCUT2D eigenvalue weighted by Crippen LogP contribution is 2.21. The first-order valence-electron chi connectivity index (χ1n) is 10.6. The normalized spacial score (nSPS) is 11.5. The third-order valence-corrected chi connectivity index (χ3v) is 4.81. The van der Waals surface area contributed by atoms with Gasteiger partial charge >= 0.3 is 0 Å². The molecular weight excluding hydrogens is 438 g/mol. The van der Waals surface area contributed by atoms with Crippen molar-refractivity contribution in [2.75, 3.05) is 6.61 Å². The maximum atomic E-state index is 12.4. The number of hydrazine groups is 1. The van der Waals surface area contributed by atoms with Gasteiger partial charge in [-0.25, -0.2) is 0 Å². The summed E-state index contributed by atoms with van der Waals surface area (Å²) in [4.78, 5) is 24.8. The van der Waals surface area contributed by atoms with Crippen molar-refractivity contribution in [3.05, 3.63) is 72.3 Å². The molecule has 0 spiro atoms. The maximum absolute atomic E-state index is 12.4. The van der Waals surface area contributed by atoms with Crippen LogP contribution in [0.2, 0.25) is 0 Å². The predicted octanol–water partition coefficient (Wildman–Crippen LogP) is 3.98. The van der Waals surface area contributed by atoms with Gasteiger partial charge in [-0.15, -0.1) is 0 Å². The Kier molecular flexibility index (Phi) is 8.21. The van der Waals surface area contributed by atoms with Crippen LogP contribution in [0.4, 0.5) is 0 Å². The fraction of sp³-hybridized carbons (Fsp3) is 0.240. The Bertz CT molecular complexity index is 1150. The molecule has 2 amide bonds. The quantitative estimate of drug-likeness (QED) is 0.361. The van der Waals surface area contributed by atoms with Gasteiger partial charge in [-0.05, 0) is 66.2 Å². The Morgan fingerprint density at radius 3 is 2.39 bits per heavy atom. The molecule has 0 aliphatic rings. The topological polar surface area (TPSA) is 88.7 Å². The van der Waals surface area contributed by atoms with Gasteiger partial charge in [0.15, 0.2) is 11.2 Å². The smallest absolute Gasteiger partial charge is 0.279 e. The van der Waals surface area contributed by atoms with E-state index >= 15 is 0 Å². The van der Waals surface area contributed by atoms with E-state index in [1.165, 1.54) is 0 Å². The third-order valence-electron chi connectivity index (χ3n) is 4.61. The zero-order chi connectivity index (χ0) is 23.8. The molecule has 0 radical (unpaired) electrons. The van der Waals surface area contributed by atoms with Crippen molar-refractivity contribution in [1.82, 2.24) is 16.2 Å². The molecule has 0 heterocycles. The van der Waals surface area contributed by atoms with Crippen molar-refractivity contribution in [2.45, 2.75) is 26.9 Å². The summed E-state index contributed by atoms with van der Waals surface area (Å²) in [5.41, 5.74) is 5.36. The zero-order valence-corrected chi connectivity index (χ0v) is 19.6. The molecule has 1 unspecified atom stereocenters. The van der Waals surface area contributed by atoms with Crippen molar-refractivity contribution in [3.8, 4) is 11.5 Å². The molecule has 0 aliphatic carbocycles. The van der Waals surface area contributed by atoms with E-state index in [4.69, 9.17) is 21.7 Å². The number of hydrogen-bond donors (Lipinski definition) is 3. The van der Waals surface area contributed by atoms with Crippen LogP contribution in [0.15, 0.2) is 66.7 Å². The van der Waals surface area contributed by atoms with Gasteiger partial charge in [-0.2, -0.15) is 0 Å². The molecule has 0 aromatic heterocycles. The molecule has 0 fully saturated rings. The Balaban J connectivity index is 1.47. The number of hydrogen-bond acceptors (Lipinski definition) is 5. The first-order valence-corrected chi connectivity index (χ1v) is 11.0. The maximum Gasteiger partial charge on any atom is 0.279 e. The summed E-state index contributed by atoms with van der Waals surface area (Å²) in [6.07, 6.45) is -0.785. The molecule has 0 saturated heterocycles. The number of thiocarbonyl (C=S) groups is 1. The van der Waals surface area contributed by atoms with E-state index in [0.717, 1.165) is 10.8 Å². The van der Waals surface area contributed by atoms with Crippen molar-refractivity contribution in [2.24, 2.45) is 5.92 Å². The van der Waals surface area contributed by atoms with Gasteiger partial charge < -0.3 is 9.47 Å². The van der Waals surface area contributed by atoms with Crippen molar-refractivity contribution in [1.29, 1.82) is 0 Å². The highest BCUT2D eigenvalue weighted by molar-refractivity contribution is 7.80. The van der Waals surface area contributed by atoms with Gasteiger partial charge in [0.1, 0.15) is 11.5 Å². The molecule has 8 heteroatoms. The van der Waals surface area contributed by atoms with Crippen molar-refractivity contribution in [3.63, 3.8) is 0 Å². The lowest BCUT2D eigenvalue weighted by molar-refractivity contribution is -0.127. The Labute approximate surface area is 198 Å². The fourth-order valence-electron chi connectivity index (χ4n) is 2.91. The molecular formula is C25H27N3O4S. The first kappa shape index (κ1) is 24.0. The molecule has 0 saturated carbocycles. The van der Waals surface area contributed by atoms with Crippen molar-refractivity contribution < 1.29 is 19.1 Å². The summed E-state index contributed by atoms with van der Waals surface area (Å²) in [5.74, 6) is 0.687. The first-order chi connectivity index (χ1) is 15.8. The summed E-state index contributed by atoms with van der Waals surface area (Å²) in [6.45, 7) is 6.26. The zero-order valence-electron chi connectivity index (χ0n) is 18.8. The van der Waals surface area contributed by atoms with Crippen LogP contribution in [0.25, 0.3) is 10.8 Å². The van der Waals surface area contributed by atoms with Crippen molar-refractivity contribution >= 4 is 39.9 Å². The highest BCUT2D eigenvalue weighted by atomic mass is 32.1. The van der Waals surface area contributed by atoms with Crippen LogP contribution in [0.1, 0.15) is 31.1 Å². The van der Waals surface area contributed by atoms with Gasteiger partial charge in [-0.3, -0.25) is 25.8 Å². The van der Waals surface area contributed by atoms with Gasteiger partial charge in [0.05, 0.1) is 6.61 Å². The minimum Gasteiger partial charge on any atom is -0.493 e. The summed E-state index contributed by atoms with van der Waals surface area (Å²) in [7, 11) is 0. The monoisotopic (exact) mass is 465 g/mol. The van der Waals surface area contributed by atoms with Gasteiger partial charge in [-0.1, -0.05) is 50.2 Å². The van der Waals surface area contributed by atoms with E-state index in [9.17, 15) is 9.59 Å². The van der Waals surface area contributed by atoms with E-state index in [0.29, 0.717) is 29.6 Å². The second kappa shape index (κ2) is 11.3. The second-order valence-corrected chi connectivity index (χ2v) is 8.31. The van der Waals surface area contributed by atoms with Gasteiger partial charge in [0, 0.05) is 5.56 Å². The van der Waals surface area contributed by atoms with Crippen LogP contribution < -0.4 is 25.6 Å². The Morgan fingerprint density at radius 1 is 0.879 bits per heavy atom. The summed E-state index contributed by atoms with van der Waals surface area (Å²) >= 11 is 5.11. The van der Waals surface area contributed by atoms with Crippen LogP contribution in [-0.2, 0) is 4.79 Å². The molecule has 1 atom stereocenters. The lowest BCUT2D eigenvalue weighted by atomic mass is 10.1. The Morgan fingerprint density at radius 2 is 1.64 bits per heavy atom. The second-order valence-electron chi connectivity index (χ2n) is 7.90. The van der Waals surface area contributed by atoms with Gasteiger partial charge in [0.2, 0.25) is 0 Å². The standard InChI is InChI=1S/C25H27N3O4S/c1-16(2)15-31-21-10-6-9-20(14-21)24(30)26-25(33)28-27-23(29)17(3)32-22-12-11-18-7-4-5-8-19(18)13-22/h4-14,16-17H,15H2,1-3H3,(H,27,29)(H2,26,28,30,33). The SMILES string of the molecule is CC(C)COc1cccc(C(=O)NC(=S)NNC(=O)C(C)Oc2ccc3ccccc3c2)c1. The van der Waals surface area contributed by atoms with Crippen LogP contribution in [-0.4, -0.2) is 29.6 Å². The fourth-order valence-corrected chi connectivity index (χ4v) is 3.06. The molecule has 33 heavy (non-hydrogen) atoms. The van der Waals surface area contributed by atoms with Gasteiger partial charge in [0.25, 0.3) is 11.8 Å². The number of ether oxygens (including phenoxy) is 2. The average Bonchev–Trinajstić information content (AvgIpc) is 2.81. The number of amides is 2. The van der Waals surface area contributed by atoms with E-state index in [1.807, 2.05) is 56.3 Å². The molecule has 0 aliphatic heterocycles. The average molecular weight is 466 g/mol.